The molecule has 0 bridgehead atoms. The van der Waals surface area contributed by atoms with E-state index in [-0.39, 0.29) is 0 Å². The molecule has 0 heterocycles. The molecule has 0 rings (SSSR count). The van der Waals surface area contributed by atoms with Crippen molar-refractivity contribution in [2.75, 3.05) is 20.6 Å². The zero-order valence-electron chi connectivity index (χ0n) is 9.93. The minimum atomic E-state index is 0.764. The van der Waals surface area contributed by atoms with Crippen LogP contribution in [0.4, 0.5) is 0 Å². The van der Waals surface area contributed by atoms with Crippen LogP contribution in [0.3, 0.4) is 0 Å². The average molecular weight is 196 g/mol. The normalized spacial score (nSPS) is 14.7. The van der Waals surface area contributed by atoms with Gasteiger partial charge in [0.15, 0.2) is 0 Å². The Kier molecular flexibility index (Phi) is 8.34. The lowest BCUT2D eigenvalue weighted by Gasteiger charge is -2.09. The van der Waals surface area contributed by atoms with Crippen molar-refractivity contribution in [3.63, 3.8) is 0 Å². The minimum absolute atomic E-state index is 0.764. The maximum absolute atomic E-state index is 3.14. The molecule has 1 atom stereocenters. The molecular formula is C12H24N2. The zero-order chi connectivity index (χ0) is 10.8. The summed E-state index contributed by atoms with van der Waals surface area (Å²) in [4.78, 5) is 0. The van der Waals surface area contributed by atoms with Crippen molar-refractivity contribution < 1.29 is 0 Å². The van der Waals surface area contributed by atoms with E-state index < -0.39 is 0 Å². The summed E-state index contributed by atoms with van der Waals surface area (Å²) in [6, 6.07) is 0. The third-order valence-electron chi connectivity index (χ3n) is 2.31. The molecule has 0 saturated carbocycles. The quantitative estimate of drug-likeness (QED) is 0.611. The van der Waals surface area contributed by atoms with Crippen molar-refractivity contribution in [1.29, 1.82) is 0 Å². The first kappa shape index (κ1) is 13.2. The second kappa shape index (κ2) is 8.82. The summed E-state index contributed by atoms with van der Waals surface area (Å²) in [5.41, 5.74) is 1.41. The molecule has 0 aliphatic rings. The van der Waals surface area contributed by atoms with E-state index in [4.69, 9.17) is 0 Å². The predicted molar refractivity (Wildman–Crippen MR) is 64.3 cm³/mol. The van der Waals surface area contributed by atoms with Gasteiger partial charge in [0, 0.05) is 13.6 Å². The summed E-state index contributed by atoms with van der Waals surface area (Å²) in [5, 5.41) is 6.16. The van der Waals surface area contributed by atoms with Gasteiger partial charge in [0.2, 0.25) is 0 Å². The SMILES string of the molecule is CCC(C)CC(/C=C\NC)=C/CNC. The number of hydrogen-bond donors (Lipinski definition) is 2. The molecule has 2 nitrogen and oxygen atoms in total. The van der Waals surface area contributed by atoms with Gasteiger partial charge in [0.05, 0.1) is 0 Å². The molecule has 1 unspecified atom stereocenters. The van der Waals surface area contributed by atoms with Crippen LogP contribution >= 0.6 is 0 Å². The van der Waals surface area contributed by atoms with E-state index in [9.17, 15) is 0 Å². The Morgan fingerprint density at radius 2 is 2.07 bits per heavy atom. The Labute approximate surface area is 88.5 Å². The number of rotatable bonds is 7. The topological polar surface area (TPSA) is 24.1 Å². The van der Waals surface area contributed by atoms with Crippen LogP contribution in [0, 0.1) is 5.92 Å². The van der Waals surface area contributed by atoms with Gasteiger partial charge in [-0.1, -0.05) is 26.3 Å². The van der Waals surface area contributed by atoms with E-state index >= 15 is 0 Å². The van der Waals surface area contributed by atoms with Crippen LogP contribution in [-0.4, -0.2) is 20.6 Å². The lowest BCUT2D eigenvalue weighted by molar-refractivity contribution is 0.561. The molecule has 0 saturated heterocycles. The fraction of sp³-hybridized carbons (Fsp3) is 0.667. The highest BCUT2D eigenvalue weighted by Gasteiger charge is 2.00. The van der Waals surface area contributed by atoms with Crippen LogP contribution in [0.15, 0.2) is 23.9 Å². The molecule has 0 aromatic rings. The van der Waals surface area contributed by atoms with Crippen molar-refractivity contribution in [1.82, 2.24) is 10.6 Å². The van der Waals surface area contributed by atoms with E-state index in [1.54, 1.807) is 0 Å². The monoisotopic (exact) mass is 196 g/mol. The van der Waals surface area contributed by atoms with E-state index in [1.807, 2.05) is 20.3 Å². The highest BCUT2D eigenvalue weighted by Crippen LogP contribution is 2.14. The van der Waals surface area contributed by atoms with Gasteiger partial charge in [-0.15, -0.1) is 0 Å². The Balaban J connectivity index is 4.16. The zero-order valence-corrected chi connectivity index (χ0v) is 9.93. The highest BCUT2D eigenvalue weighted by molar-refractivity contribution is 5.19. The third kappa shape index (κ3) is 6.72. The van der Waals surface area contributed by atoms with E-state index in [2.05, 4.69) is 36.6 Å². The van der Waals surface area contributed by atoms with Gasteiger partial charge in [0.1, 0.15) is 0 Å². The fourth-order valence-electron chi connectivity index (χ4n) is 1.19. The van der Waals surface area contributed by atoms with Crippen LogP contribution in [0.2, 0.25) is 0 Å². The second-order valence-corrected chi connectivity index (χ2v) is 3.68. The van der Waals surface area contributed by atoms with E-state index in [0.29, 0.717) is 0 Å². The third-order valence-corrected chi connectivity index (χ3v) is 2.31. The van der Waals surface area contributed by atoms with Crippen molar-refractivity contribution >= 4 is 0 Å². The molecule has 0 amide bonds. The Morgan fingerprint density at radius 1 is 1.36 bits per heavy atom. The van der Waals surface area contributed by atoms with E-state index in [1.165, 1.54) is 12.0 Å². The molecule has 0 spiro atoms. The number of likely N-dealkylation sites (N-methyl/N-ethyl adjacent to an activating group) is 1. The molecule has 2 heteroatoms. The average Bonchev–Trinajstić information content (AvgIpc) is 2.21. The minimum Gasteiger partial charge on any atom is -0.394 e. The highest BCUT2D eigenvalue weighted by atomic mass is 14.8. The van der Waals surface area contributed by atoms with Crippen LogP contribution in [0.1, 0.15) is 26.7 Å². The Morgan fingerprint density at radius 3 is 2.57 bits per heavy atom. The van der Waals surface area contributed by atoms with Gasteiger partial charge in [-0.25, -0.2) is 0 Å². The Bertz CT molecular complexity index is 183. The fourth-order valence-corrected chi connectivity index (χ4v) is 1.19. The first-order valence-electron chi connectivity index (χ1n) is 5.42. The summed E-state index contributed by atoms with van der Waals surface area (Å²) in [5.74, 6) is 0.764. The predicted octanol–water partition coefficient (Wildman–Crippen LogP) is 2.30. The molecule has 14 heavy (non-hydrogen) atoms. The Hall–Kier alpha value is -0.760. The summed E-state index contributed by atoms with van der Waals surface area (Å²) in [7, 11) is 3.90. The molecule has 0 fully saturated rings. The van der Waals surface area contributed by atoms with Crippen LogP contribution in [0.5, 0.6) is 0 Å². The van der Waals surface area contributed by atoms with E-state index in [0.717, 1.165) is 18.9 Å². The number of allylic oxidation sites excluding steroid dienone is 2. The van der Waals surface area contributed by atoms with Gasteiger partial charge < -0.3 is 10.6 Å². The molecule has 0 aliphatic heterocycles. The summed E-state index contributed by atoms with van der Waals surface area (Å²) >= 11 is 0. The molecule has 0 aromatic heterocycles. The maximum atomic E-state index is 3.14. The molecule has 2 N–H and O–H groups in total. The molecule has 0 aliphatic carbocycles. The molecule has 82 valence electrons. The second-order valence-electron chi connectivity index (χ2n) is 3.68. The smallest absolute Gasteiger partial charge is 0.0137 e. The summed E-state index contributed by atoms with van der Waals surface area (Å²) < 4.78 is 0. The first-order valence-corrected chi connectivity index (χ1v) is 5.42. The standard InChI is InChI=1S/C12H24N2/c1-5-11(2)10-12(6-8-13-3)7-9-14-4/h6-8,11,13-14H,5,9-10H2,1-4H3/b8-6-,12-7+. The summed E-state index contributed by atoms with van der Waals surface area (Å²) in [6.45, 7) is 5.47. The molecule has 0 radical (unpaired) electrons. The largest absolute Gasteiger partial charge is 0.394 e. The lowest BCUT2D eigenvalue weighted by atomic mass is 9.98. The number of hydrogen-bond acceptors (Lipinski definition) is 2. The van der Waals surface area contributed by atoms with Crippen molar-refractivity contribution in [3.8, 4) is 0 Å². The van der Waals surface area contributed by atoms with Crippen molar-refractivity contribution in [2.24, 2.45) is 5.92 Å². The van der Waals surface area contributed by atoms with Crippen molar-refractivity contribution in [2.45, 2.75) is 26.7 Å². The molecular weight excluding hydrogens is 172 g/mol. The molecule has 0 aromatic carbocycles. The summed E-state index contributed by atoms with van der Waals surface area (Å²) in [6.07, 6.45) is 8.80. The van der Waals surface area contributed by atoms with Gasteiger partial charge in [-0.2, -0.15) is 0 Å². The van der Waals surface area contributed by atoms with Crippen LogP contribution in [-0.2, 0) is 0 Å². The maximum Gasteiger partial charge on any atom is 0.0137 e. The first-order chi connectivity index (χ1) is 6.74. The van der Waals surface area contributed by atoms with Gasteiger partial charge in [-0.05, 0) is 37.2 Å². The van der Waals surface area contributed by atoms with Crippen LogP contribution < -0.4 is 10.6 Å². The van der Waals surface area contributed by atoms with Gasteiger partial charge in [0.25, 0.3) is 0 Å². The number of nitrogens with one attached hydrogen (secondary N) is 2. The van der Waals surface area contributed by atoms with Gasteiger partial charge in [-0.3, -0.25) is 0 Å². The van der Waals surface area contributed by atoms with Crippen molar-refractivity contribution in [3.05, 3.63) is 23.9 Å². The lowest BCUT2D eigenvalue weighted by Crippen LogP contribution is -2.06. The van der Waals surface area contributed by atoms with Crippen LogP contribution in [0.25, 0.3) is 0 Å². The van der Waals surface area contributed by atoms with Gasteiger partial charge >= 0.3 is 0 Å².